The molecule has 0 aliphatic carbocycles. The second-order valence-electron chi connectivity index (χ2n) is 18.6. The lowest BCUT2D eigenvalue weighted by Gasteiger charge is -2.48. The molecule has 3 saturated heterocycles. The van der Waals surface area contributed by atoms with Crippen LogP contribution in [0.15, 0.2) is 72.9 Å². The number of aliphatic hydroxyl groups excluding tert-OH is 11. The van der Waals surface area contributed by atoms with Crippen molar-refractivity contribution in [2.75, 3.05) is 26.4 Å². The van der Waals surface area contributed by atoms with Crippen LogP contribution in [0.25, 0.3) is 0 Å². The molecule has 0 bridgehead atoms. The van der Waals surface area contributed by atoms with Gasteiger partial charge in [-0.05, 0) is 64.2 Å². The minimum absolute atomic E-state index is 0.215. The molecule has 19 nitrogen and oxygen atoms in total. The van der Waals surface area contributed by atoms with Crippen LogP contribution < -0.4 is 5.32 Å². The van der Waals surface area contributed by atoms with Crippen LogP contribution in [0.5, 0.6) is 0 Å². The first-order valence-corrected chi connectivity index (χ1v) is 26.2. The number of hydrogen-bond acceptors (Lipinski definition) is 18. The Balaban J connectivity index is 1.48. The van der Waals surface area contributed by atoms with Crippen molar-refractivity contribution in [1.82, 2.24) is 5.32 Å². The van der Waals surface area contributed by atoms with Gasteiger partial charge in [0, 0.05) is 6.42 Å². The van der Waals surface area contributed by atoms with Gasteiger partial charge in [0.25, 0.3) is 0 Å². The van der Waals surface area contributed by atoms with E-state index in [4.69, 9.17) is 28.4 Å². The van der Waals surface area contributed by atoms with Crippen LogP contribution in [-0.4, -0.2) is 193 Å². The topological polar surface area (TPSA) is 307 Å². The summed E-state index contributed by atoms with van der Waals surface area (Å²) < 4.78 is 34.0. The van der Waals surface area contributed by atoms with Gasteiger partial charge in [-0.3, -0.25) is 4.79 Å². The van der Waals surface area contributed by atoms with Gasteiger partial charge in [-0.2, -0.15) is 0 Å². The molecule has 414 valence electrons. The normalized spacial score (nSPS) is 32.6. The summed E-state index contributed by atoms with van der Waals surface area (Å²) in [5.41, 5.74) is 0. The first-order chi connectivity index (χ1) is 34.8. The van der Waals surface area contributed by atoms with Crippen molar-refractivity contribution in [1.29, 1.82) is 0 Å². The Kier molecular flexibility index (Phi) is 32.7. The third kappa shape index (κ3) is 22.2. The Bertz CT molecular complexity index is 1610. The molecule has 0 saturated carbocycles. The minimum atomic E-state index is -1.98. The molecule has 3 aliphatic rings. The van der Waals surface area contributed by atoms with E-state index in [1.54, 1.807) is 6.08 Å². The number of amides is 1. The molecule has 19 heteroatoms. The number of ether oxygens (including phenoxy) is 6. The maximum atomic E-state index is 13.2. The summed E-state index contributed by atoms with van der Waals surface area (Å²) in [4.78, 5) is 13.2. The van der Waals surface area contributed by atoms with Gasteiger partial charge >= 0.3 is 0 Å². The van der Waals surface area contributed by atoms with Gasteiger partial charge in [-0.15, -0.1) is 0 Å². The van der Waals surface area contributed by atoms with E-state index in [9.17, 15) is 61.0 Å². The Labute approximate surface area is 426 Å². The maximum Gasteiger partial charge on any atom is 0.220 e. The highest BCUT2D eigenvalue weighted by Crippen LogP contribution is 2.33. The van der Waals surface area contributed by atoms with E-state index < -0.39 is 124 Å². The Morgan fingerprint density at radius 3 is 1.50 bits per heavy atom. The summed E-state index contributed by atoms with van der Waals surface area (Å²) in [5.74, 6) is -0.306. The lowest BCUT2D eigenvalue weighted by molar-refractivity contribution is -0.379. The zero-order valence-corrected chi connectivity index (χ0v) is 42.4. The molecule has 72 heavy (non-hydrogen) atoms. The van der Waals surface area contributed by atoms with Crippen molar-refractivity contribution in [3.8, 4) is 0 Å². The quantitative estimate of drug-likeness (QED) is 0.0320. The summed E-state index contributed by atoms with van der Waals surface area (Å²) in [7, 11) is 0. The number of aliphatic hydroxyl groups is 11. The predicted octanol–water partition coefficient (Wildman–Crippen LogP) is 2.31. The van der Waals surface area contributed by atoms with Gasteiger partial charge in [-0.25, -0.2) is 0 Å². The van der Waals surface area contributed by atoms with Crippen LogP contribution in [0.4, 0.5) is 0 Å². The van der Waals surface area contributed by atoms with Crippen LogP contribution in [0.3, 0.4) is 0 Å². The van der Waals surface area contributed by atoms with Crippen molar-refractivity contribution < 1.29 is 89.4 Å². The van der Waals surface area contributed by atoms with Crippen molar-refractivity contribution in [3.05, 3.63) is 72.9 Å². The lowest BCUT2D eigenvalue weighted by Crippen LogP contribution is -2.66. The molecule has 0 aromatic rings. The second kappa shape index (κ2) is 37.1. The van der Waals surface area contributed by atoms with Crippen molar-refractivity contribution >= 4 is 5.91 Å². The Morgan fingerprint density at radius 1 is 0.514 bits per heavy atom. The zero-order valence-electron chi connectivity index (χ0n) is 42.4. The molecule has 0 spiro atoms. The van der Waals surface area contributed by atoms with Gasteiger partial charge in [0.1, 0.15) is 73.2 Å². The van der Waals surface area contributed by atoms with Crippen molar-refractivity contribution in [2.24, 2.45) is 0 Å². The van der Waals surface area contributed by atoms with E-state index in [2.05, 4.69) is 79.9 Å². The molecule has 1 amide bonds. The fourth-order valence-corrected chi connectivity index (χ4v) is 8.39. The molecule has 3 fully saturated rings. The summed E-state index contributed by atoms with van der Waals surface area (Å²) >= 11 is 0. The third-order valence-electron chi connectivity index (χ3n) is 12.8. The highest BCUT2D eigenvalue weighted by molar-refractivity contribution is 5.76. The molecule has 0 aromatic carbocycles. The number of allylic oxidation sites excluding steroid dienone is 11. The Morgan fingerprint density at radius 2 is 0.958 bits per heavy atom. The average molecular weight is 1030 g/mol. The van der Waals surface area contributed by atoms with E-state index in [1.165, 1.54) is 0 Å². The molecule has 17 atom stereocenters. The molecule has 3 rings (SSSR count). The number of carbonyl (C=O) groups excluding carboxylic acids is 1. The van der Waals surface area contributed by atoms with E-state index in [1.807, 2.05) is 6.08 Å². The van der Waals surface area contributed by atoms with Crippen LogP contribution >= 0.6 is 0 Å². The highest BCUT2D eigenvalue weighted by atomic mass is 16.8. The van der Waals surface area contributed by atoms with Gasteiger partial charge in [0.15, 0.2) is 18.9 Å². The highest BCUT2D eigenvalue weighted by Gasteiger charge is 2.53. The molecule has 3 heterocycles. The van der Waals surface area contributed by atoms with Gasteiger partial charge < -0.3 is 89.9 Å². The maximum absolute atomic E-state index is 13.2. The molecule has 0 aromatic heterocycles. The lowest BCUT2D eigenvalue weighted by atomic mass is 9.96. The van der Waals surface area contributed by atoms with Gasteiger partial charge in [-0.1, -0.05) is 125 Å². The molecule has 3 aliphatic heterocycles. The summed E-state index contributed by atoms with van der Waals surface area (Å²) in [6.07, 6.45) is 13.8. The Hall–Kier alpha value is -2.77. The molecular formula is C53H89NO18. The third-order valence-corrected chi connectivity index (χ3v) is 12.8. The smallest absolute Gasteiger partial charge is 0.220 e. The summed E-state index contributed by atoms with van der Waals surface area (Å²) in [6, 6.07) is -0.983. The fraction of sp³-hybridized carbons (Fsp3) is 0.755. The van der Waals surface area contributed by atoms with Crippen molar-refractivity contribution in [2.45, 2.75) is 227 Å². The van der Waals surface area contributed by atoms with E-state index in [0.29, 0.717) is 6.42 Å². The predicted molar refractivity (Wildman–Crippen MR) is 268 cm³/mol. The zero-order chi connectivity index (χ0) is 52.7. The molecule has 0 radical (unpaired) electrons. The molecule has 17 unspecified atom stereocenters. The monoisotopic (exact) mass is 1030 g/mol. The first kappa shape index (κ1) is 63.5. The van der Waals surface area contributed by atoms with Gasteiger partial charge in [0.05, 0.1) is 38.6 Å². The average Bonchev–Trinajstić information content (AvgIpc) is 3.38. The van der Waals surface area contributed by atoms with Crippen LogP contribution in [-0.2, 0) is 33.2 Å². The van der Waals surface area contributed by atoms with Gasteiger partial charge in [0.2, 0.25) is 5.91 Å². The van der Waals surface area contributed by atoms with Crippen molar-refractivity contribution in [3.63, 3.8) is 0 Å². The van der Waals surface area contributed by atoms with E-state index in [0.717, 1.165) is 96.3 Å². The number of carbonyl (C=O) groups is 1. The van der Waals surface area contributed by atoms with E-state index >= 15 is 0 Å². The standard InChI is InChI=1S/C53H89NO18/c1-3-5-7-9-11-12-13-14-15-16-17-18-19-20-21-22-23-24-25-27-29-31-41(59)54-36(37(58)30-28-26-10-8-6-4-2)35-67-51-47(65)44(62)49(39(33-56)69-51)72-53-48(66)45(63)50(40(34-57)70-53)71-52-46(64)43(61)42(60)38(32-55)68-52/h5,7,11-12,14-15,17-18,20-21,28,30,36-40,42-53,55-58,60-66H,3-4,6,8-10,13,16,19,22-27,29,31-35H2,1-2H3,(H,54,59)/b7-5-,12-11-,15-14-,18-17-,21-20-,30-28+. The number of nitrogens with one attached hydrogen (secondary N) is 1. The number of unbranched alkanes of at least 4 members (excludes halogenated alkanes) is 9. The minimum Gasteiger partial charge on any atom is -0.394 e. The number of hydrogen-bond donors (Lipinski definition) is 12. The van der Waals surface area contributed by atoms with Crippen LogP contribution in [0.2, 0.25) is 0 Å². The van der Waals surface area contributed by atoms with Crippen LogP contribution in [0, 0.1) is 0 Å². The first-order valence-electron chi connectivity index (χ1n) is 26.2. The fourth-order valence-electron chi connectivity index (χ4n) is 8.39. The summed E-state index contributed by atoms with van der Waals surface area (Å²) in [6.45, 7) is 1.44. The molecular weight excluding hydrogens is 939 g/mol. The molecule has 12 N–H and O–H groups in total. The SMILES string of the molecule is CC/C=C\C/C=C\C/C=C\C/C=C\C/C=C\CCCCCCCC(=O)NC(COC1OC(CO)C(OC2OC(CO)C(OC3OC(CO)C(O)C(O)C3O)C(O)C2O)C(O)C1O)C(O)/C=C/CCCCCC. The second-order valence-corrected chi connectivity index (χ2v) is 18.6. The van der Waals surface area contributed by atoms with E-state index in [-0.39, 0.29) is 18.9 Å². The van der Waals surface area contributed by atoms with Crippen LogP contribution in [0.1, 0.15) is 123 Å². The largest absolute Gasteiger partial charge is 0.394 e. The number of rotatable bonds is 35. The summed E-state index contributed by atoms with van der Waals surface area (Å²) in [5, 5.41) is 119.